The largest absolute Gasteiger partial charge is 0.492 e. The third-order valence-corrected chi connectivity index (χ3v) is 4.99. The van der Waals surface area contributed by atoms with Crippen molar-refractivity contribution in [2.75, 3.05) is 11.3 Å². The van der Waals surface area contributed by atoms with Gasteiger partial charge in [0.05, 0.1) is 6.61 Å². The molecular weight excluding hydrogens is 324 g/mol. The molecule has 5 nitrogen and oxygen atoms in total. The smallest absolute Gasteiger partial charge is 0.266 e. The van der Waals surface area contributed by atoms with Crippen LogP contribution < -0.4 is 9.46 Å². The van der Waals surface area contributed by atoms with Gasteiger partial charge >= 0.3 is 0 Å². The van der Waals surface area contributed by atoms with E-state index in [0.717, 1.165) is 17.5 Å². The van der Waals surface area contributed by atoms with Crippen LogP contribution in [0.15, 0.2) is 41.4 Å². The molecule has 24 heavy (non-hydrogen) atoms. The molecule has 0 aliphatic heterocycles. The van der Waals surface area contributed by atoms with E-state index in [4.69, 9.17) is 4.74 Å². The second-order valence-electron chi connectivity index (χ2n) is 5.98. The molecule has 0 atom stereocenters. The predicted octanol–water partition coefficient (Wildman–Crippen LogP) is 4.10. The van der Waals surface area contributed by atoms with Crippen LogP contribution in [-0.2, 0) is 10.0 Å². The monoisotopic (exact) mass is 348 g/mol. The Morgan fingerprint density at radius 3 is 2.58 bits per heavy atom. The van der Waals surface area contributed by atoms with Crippen LogP contribution in [0.4, 0.5) is 5.82 Å². The second kappa shape index (κ2) is 7.66. The van der Waals surface area contributed by atoms with Crippen molar-refractivity contribution in [2.24, 2.45) is 0 Å². The summed E-state index contributed by atoms with van der Waals surface area (Å²) in [6, 6.07) is 8.58. The van der Waals surface area contributed by atoms with Gasteiger partial charge in [0.1, 0.15) is 16.5 Å². The van der Waals surface area contributed by atoms with E-state index in [1.54, 1.807) is 36.5 Å². The van der Waals surface area contributed by atoms with Gasteiger partial charge in [-0.25, -0.2) is 13.4 Å². The van der Waals surface area contributed by atoms with E-state index in [9.17, 15) is 8.42 Å². The molecule has 0 saturated heterocycles. The van der Waals surface area contributed by atoms with Crippen molar-refractivity contribution in [1.82, 2.24) is 4.98 Å². The number of hydrogen-bond donors (Lipinski definition) is 1. The van der Waals surface area contributed by atoms with E-state index >= 15 is 0 Å². The number of hydrogen-bond acceptors (Lipinski definition) is 4. The maximum Gasteiger partial charge on any atom is 0.266 e. The molecule has 0 spiro atoms. The van der Waals surface area contributed by atoms with E-state index < -0.39 is 10.0 Å². The van der Waals surface area contributed by atoms with Gasteiger partial charge in [0.15, 0.2) is 0 Å². The molecule has 0 unspecified atom stereocenters. The number of pyridine rings is 1. The highest BCUT2D eigenvalue weighted by Gasteiger charge is 2.23. The summed E-state index contributed by atoms with van der Waals surface area (Å²) in [5.74, 6) is 0.877. The molecule has 0 fully saturated rings. The van der Waals surface area contributed by atoms with Crippen molar-refractivity contribution in [3.8, 4) is 5.75 Å². The lowest BCUT2D eigenvalue weighted by atomic mass is 9.98. The topological polar surface area (TPSA) is 68.3 Å². The number of nitrogens with zero attached hydrogens (tertiary/aromatic N) is 1. The first-order valence-electron chi connectivity index (χ1n) is 8.06. The van der Waals surface area contributed by atoms with Gasteiger partial charge in [-0.3, -0.25) is 4.72 Å². The number of anilines is 1. The first-order chi connectivity index (χ1) is 11.3. The molecule has 130 valence electrons. The number of ether oxygens (including phenoxy) is 1. The summed E-state index contributed by atoms with van der Waals surface area (Å²) in [4.78, 5) is 4.17. The molecule has 2 rings (SSSR count). The molecule has 0 radical (unpaired) electrons. The van der Waals surface area contributed by atoms with Crippen molar-refractivity contribution in [1.29, 1.82) is 0 Å². The quantitative estimate of drug-likeness (QED) is 0.818. The fourth-order valence-corrected chi connectivity index (χ4v) is 3.62. The van der Waals surface area contributed by atoms with Crippen LogP contribution in [0.2, 0.25) is 0 Å². The number of aryl methyl sites for hydroxylation is 1. The van der Waals surface area contributed by atoms with Crippen LogP contribution in [0.3, 0.4) is 0 Å². The summed E-state index contributed by atoms with van der Waals surface area (Å²) in [7, 11) is -3.78. The van der Waals surface area contributed by atoms with Crippen LogP contribution in [-0.4, -0.2) is 20.0 Å². The van der Waals surface area contributed by atoms with Crippen molar-refractivity contribution >= 4 is 15.8 Å². The Morgan fingerprint density at radius 1 is 1.25 bits per heavy atom. The molecule has 1 heterocycles. The normalized spacial score (nSPS) is 11.5. The Hall–Kier alpha value is -2.08. The first-order valence-corrected chi connectivity index (χ1v) is 9.54. The number of aromatic nitrogens is 1. The standard InChI is InChI=1S/C18H24N2O3S/c1-5-10-23-16-11-14(4)15(13(2)3)12-17(16)24(21,22)20-18-8-6-7-9-19-18/h6-9,11-13H,5,10H2,1-4H3,(H,19,20). The van der Waals surface area contributed by atoms with Crippen LogP contribution in [0.25, 0.3) is 0 Å². The van der Waals surface area contributed by atoms with Crippen LogP contribution in [0.1, 0.15) is 44.2 Å². The Bertz CT molecular complexity index is 787. The number of benzene rings is 1. The molecule has 1 aromatic heterocycles. The third kappa shape index (κ3) is 4.26. The lowest BCUT2D eigenvalue weighted by Crippen LogP contribution is -2.16. The lowest BCUT2D eigenvalue weighted by Gasteiger charge is -2.17. The van der Waals surface area contributed by atoms with Crippen molar-refractivity contribution < 1.29 is 13.2 Å². The molecule has 1 N–H and O–H groups in total. The van der Waals surface area contributed by atoms with Gasteiger partial charge in [0.2, 0.25) is 0 Å². The molecule has 6 heteroatoms. The highest BCUT2D eigenvalue weighted by atomic mass is 32.2. The van der Waals surface area contributed by atoms with Crippen molar-refractivity contribution in [3.05, 3.63) is 47.7 Å². The summed E-state index contributed by atoms with van der Waals surface area (Å²) >= 11 is 0. The summed E-state index contributed by atoms with van der Waals surface area (Å²) in [6.07, 6.45) is 2.35. The number of rotatable bonds is 7. The summed E-state index contributed by atoms with van der Waals surface area (Å²) in [6.45, 7) is 8.49. The number of nitrogens with one attached hydrogen (secondary N) is 1. The minimum atomic E-state index is -3.78. The van der Waals surface area contributed by atoms with Crippen molar-refractivity contribution in [2.45, 2.75) is 44.9 Å². The zero-order valence-electron chi connectivity index (χ0n) is 14.5. The Labute approximate surface area is 144 Å². The summed E-state index contributed by atoms with van der Waals surface area (Å²) in [5.41, 5.74) is 2.01. The van der Waals surface area contributed by atoms with Gasteiger partial charge in [0.25, 0.3) is 10.0 Å². The Kier molecular flexibility index (Phi) is 5.83. The minimum absolute atomic E-state index is 0.149. The highest BCUT2D eigenvalue weighted by molar-refractivity contribution is 7.92. The van der Waals surface area contributed by atoms with E-state index in [-0.39, 0.29) is 16.6 Å². The van der Waals surface area contributed by atoms with E-state index in [1.165, 1.54) is 0 Å². The zero-order valence-corrected chi connectivity index (χ0v) is 15.4. The van der Waals surface area contributed by atoms with Crippen LogP contribution >= 0.6 is 0 Å². The van der Waals surface area contributed by atoms with E-state index in [1.807, 2.05) is 27.7 Å². The summed E-state index contributed by atoms with van der Waals surface area (Å²) in [5, 5.41) is 0. The predicted molar refractivity (Wildman–Crippen MR) is 96.1 cm³/mol. The fraction of sp³-hybridized carbons (Fsp3) is 0.389. The lowest BCUT2D eigenvalue weighted by molar-refractivity contribution is 0.309. The average Bonchev–Trinajstić information content (AvgIpc) is 2.52. The SMILES string of the molecule is CCCOc1cc(C)c(C(C)C)cc1S(=O)(=O)Nc1ccccn1. The highest BCUT2D eigenvalue weighted by Crippen LogP contribution is 2.32. The Morgan fingerprint density at radius 2 is 2.00 bits per heavy atom. The van der Waals surface area contributed by atoms with Gasteiger partial charge in [-0.1, -0.05) is 26.8 Å². The first kappa shape index (κ1) is 18.3. The average molecular weight is 348 g/mol. The van der Waals surface area contributed by atoms with Gasteiger partial charge in [0, 0.05) is 6.20 Å². The molecule has 1 aromatic carbocycles. The fourth-order valence-electron chi connectivity index (χ4n) is 2.45. The second-order valence-corrected chi connectivity index (χ2v) is 7.63. The van der Waals surface area contributed by atoms with Crippen LogP contribution in [0, 0.1) is 6.92 Å². The van der Waals surface area contributed by atoms with Gasteiger partial charge in [-0.2, -0.15) is 0 Å². The maximum atomic E-state index is 12.8. The summed E-state index contributed by atoms with van der Waals surface area (Å²) < 4.78 is 33.9. The molecule has 0 aliphatic rings. The zero-order chi connectivity index (χ0) is 17.7. The van der Waals surface area contributed by atoms with E-state index in [2.05, 4.69) is 9.71 Å². The van der Waals surface area contributed by atoms with Gasteiger partial charge in [-0.05, 0) is 54.7 Å². The molecule has 0 amide bonds. The van der Waals surface area contributed by atoms with Crippen LogP contribution in [0.5, 0.6) is 5.75 Å². The Balaban J connectivity index is 2.50. The van der Waals surface area contributed by atoms with E-state index in [0.29, 0.717) is 12.4 Å². The third-order valence-electron chi connectivity index (χ3n) is 3.61. The molecular formula is C18H24N2O3S. The maximum absolute atomic E-state index is 12.8. The number of sulfonamides is 1. The molecule has 0 bridgehead atoms. The molecule has 0 aliphatic carbocycles. The molecule has 0 saturated carbocycles. The minimum Gasteiger partial charge on any atom is -0.492 e. The van der Waals surface area contributed by atoms with Crippen molar-refractivity contribution in [3.63, 3.8) is 0 Å². The molecule has 2 aromatic rings. The van der Waals surface area contributed by atoms with Gasteiger partial charge < -0.3 is 4.74 Å². The van der Waals surface area contributed by atoms with Gasteiger partial charge in [-0.15, -0.1) is 0 Å².